The lowest BCUT2D eigenvalue weighted by Crippen LogP contribution is -2.30. The van der Waals surface area contributed by atoms with Gasteiger partial charge in [-0.1, -0.05) is 37.1 Å². The van der Waals surface area contributed by atoms with E-state index in [1.165, 1.54) is 6.07 Å². The van der Waals surface area contributed by atoms with Crippen molar-refractivity contribution in [2.45, 2.75) is 38.6 Å². The van der Waals surface area contributed by atoms with Crippen molar-refractivity contribution in [3.8, 4) is 0 Å². The fourth-order valence-corrected chi connectivity index (χ4v) is 1.85. The van der Waals surface area contributed by atoms with Crippen LogP contribution in [-0.4, -0.2) is 11.8 Å². The lowest BCUT2D eigenvalue weighted by Gasteiger charge is -2.09. The predicted molar refractivity (Wildman–Crippen MR) is 67.6 cm³/mol. The van der Waals surface area contributed by atoms with Crippen molar-refractivity contribution >= 4 is 17.4 Å². The Labute approximate surface area is 106 Å². The summed E-state index contributed by atoms with van der Waals surface area (Å²) >= 11 is 5.66. The lowest BCUT2D eigenvalue weighted by atomic mass is 10.0. The summed E-state index contributed by atoms with van der Waals surface area (Å²) < 4.78 is 13.5. The van der Waals surface area contributed by atoms with Crippen molar-refractivity contribution in [2.24, 2.45) is 5.73 Å². The molecule has 4 heteroatoms. The summed E-state index contributed by atoms with van der Waals surface area (Å²) in [6.07, 6.45) is 2.16. The van der Waals surface area contributed by atoms with E-state index in [0.717, 1.165) is 6.42 Å². The molecular weight excluding hydrogens is 241 g/mol. The molecule has 0 saturated heterocycles. The highest BCUT2D eigenvalue weighted by Crippen LogP contribution is 2.19. The van der Waals surface area contributed by atoms with Gasteiger partial charge in [0.25, 0.3) is 0 Å². The highest BCUT2D eigenvalue weighted by atomic mass is 35.5. The fraction of sp³-hybridized carbons (Fsp3) is 0.462. The van der Waals surface area contributed by atoms with Gasteiger partial charge in [0.2, 0.25) is 0 Å². The number of rotatable bonds is 6. The van der Waals surface area contributed by atoms with Gasteiger partial charge in [-0.25, -0.2) is 4.39 Å². The largest absolute Gasteiger partial charge is 0.322 e. The van der Waals surface area contributed by atoms with Crippen LogP contribution >= 0.6 is 11.6 Å². The van der Waals surface area contributed by atoms with E-state index in [1.807, 2.05) is 6.92 Å². The Kier molecular flexibility index (Phi) is 5.59. The number of benzene rings is 1. The highest BCUT2D eigenvalue weighted by Gasteiger charge is 2.14. The summed E-state index contributed by atoms with van der Waals surface area (Å²) in [7, 11) is 0. The lowest BCUT2D eigenvalue weighted by molar-refractivity contribution is -0.120. The van der Waals surface area contributed by atoms with Crippen LogP contribution in [-0.2, 0) is 11.2 Å². The summed E-state index contributed by atoms with van der Waals surface area (Å²) in [5.41, 5.74) is 6.16. The smallest absolute Gasteiger partial charge is 0.149 e. The summed E-state index contributed by atoms with van der Waals surface area (Å²) in [4.78, 5) is 11.6. The number of ketones is 1. The van der Waals surface area contributed by atoms with E-state index in [2.05, 4.69) is 0 Å². The first-order valence-electron chi connectivity index (χ1n) is 5.77. The zero-order valence-corrected chi connectivity index (χ0v) is 10.6. The van der Waals surface area contributed by atoms with Gasteiger partial charge in [0.15, 0.2) is 0 Å². The topological polar surface area (TPSA) is 43.1 Å². The zero-order chi connectivity index (χ0) is 12.8. The third kappa shape index (κ3) is 4.10. The van der Waals surface area contributed by atoms with Crippen molar-refractivity contribution < 1.29 is 9.18 Å². The maximum absolute atomic E-state index is 13.5. The average Bonchev–Trinajstić information content (AvgIpc) is 2.31. The second-order valence-corrected chi connectivity index (χ2v) is 4.48. The number of aryl methyl sites for hydroxylation is 1. The van der Waals surface area contributed by atoms with Crippen LogP contribution in [0, 0.1) is 5.82 Å². The van der Waals surface area contributed by atoms with Crippen LogP contribution in [0.2, 0.25) is 5.02 Å². The molecule has 17 heavy (non-hydrogen) atoms. The van der Waals surface area contributed by atoms with Crippen molar-refractivity contribution in [2.75, 3.05) is 0 Å². The first kappa shape index (κ1) is 14.1. The van der Waals surface area contributed by atoms with Gasteiger partial charge < -0.3 is 5.73 Å². The van der Waals surface area contributed by atoms with Gasteiger partial charge in [0.1, 0.15) is 11.6 Å². The van der Waals surface area contributed by atoms with Crippen LogP contribution in [0.3, 0.4) is 0 Å². The van der Waals surface area contributed by atoms with Crippen molar-refractivity contribution in [3.05, 3.63) is 34.6 Å². The molecule has 1 aromatic carbocycles. The summed E-state index contributed by atoms with van der Waals surface area (Å²) in [6.45, 7) is 1.98. The Morgan fingerprint density at radius 2 is 2.24 bits per heavy atom. The molecule has 1 rings (SSSR count). The minimum absolute atomic E-state index is 0.0220. The van der Waals surface area contributed by atoms with E-state index in [0.29, 0.717) is 18.4 Å². The third-order valence-corrected chi connectivity index (χ3v) is 2.98. The molecular formula is C13H17ClFNO. The molecule has 0 aromatic heterocycles. The summed E-state index contributed by atoms with van der Waals surface area (Å²) in [5, 5.41) is 0.0906. The number of hydrogen-bond donors (Lipinski definition) is 1. The molecule has 0 aliphatic heterocycles. The van der Waals surface area contributed by atoms with Gasteiger partial charge in [-0.05, 0) is 24.5 Å². The van der Waals surface area contributed by atoms with E-state index in [1.54, 1.807) is 12.1 Å². The standard InChI is InChI=1S/C13H17ClFNO/c1-2-4-11(16)12(17)8-7-9-5-3-6-10(14)13(9)15/h3,5-6,11H,2,4,7-8,16H2,1H3/t11-/m0/s1. The Hall–Kier alpha value is -0.930. The molecule has 2 N–H and O–H groups in total. The van der Waals surface area contributed by atoms with Gasteiger partial charge in [-0.2, -0.15) is 0 Å². The first-order chi connectivity index (χ1) is 8.06. The fourth-order valence-electron chi connectivity index (χ4n) is 1.66. The van der Waals surface area contributed by atoms with Crippen molar-refractivity contribution in [3.63, 3.8) is 0 Å². The molecule has 0 spiro atoms. The Balaban J connectivity index is 2.56. The monoisotopic (exact) mass is 257 g/mol. The highest BCUT2D eigenvalue weighted by molar-refractivity contribution is 6.30. The summed E-state index contributed by atoms with van der Waals surface area (Å²) in [6, 6.07) is 4.38. The van der Waals surface area contributed by atoms with Gasteiger partial charge in [0.05, 0.1) is 11.1 Å². The number of carbonyl (C=O) groups excluding carboxylic acids is 1. The maximum atomic E-state index is 13.5. The predicted octanol–water partition coefficient (Wildman–Crippen LogP) is 3.11. The van der Waals surface area contributed by atoms with Gasteiger partial charge in [-0.15, -0.1) is 0 Å². The van der Waals surface area contributed by atoms with E-state index < -0.39 is 11.9 Å². The number of hydrogen-bond acceptors (Lipinski definition) is 2. The summed E-state index contributed by atoms with van der Waals surface area (Å²) in [5.74, 6) is -0.461. The van der Waals surface area contributed by atoms with Gasteiger partial charge in [0, 0.05) is 6.42 Å². The van der Waals surface area contributed by atoms with Crippen LogP contribution in [0.25, 0.3) is 0 Å². The minimum Gasteiger partial charge on any atom is -0.322 e. The molecule has 0 amide bonds. The van der Waals surface area contributed by atoms with Crippen LogP contribution in [0.5, 0.6) is 0 Å². The average molecular weight is 258 g/mol. The normalized spacial score (nSPS) is 12.5. The first-order valence-corrected chi connectivity index (χ1v) is 6.15. The molecule has 0 aliphatic rings. The van der Waals surface area contributed by atoms with E-state index in [-0.39, 0.29) is 17.2 Å². The van der Waals surface area contributed by atoms with Crippen LogP contribution < -0.4 is 5.73 Å². The number of Topliss-reactive ketones (excluding diaryl/α,β-unsaturated/α-hetero) is 1. The molecule has 0 bridgehead atoms. The molecule has 1 atom stereocenters. The molecule has 0 radical (unpaired) electrons. The Morgan fingerprint density at radius 1 is 1.53 bits per heavy atom. The molecule has 0 fully saturated rings. The van der Waals surface area contributed by atoms with Crippen LogP contribution in [0.15, 0.2) is 18.2 Å². The minimum atomic E-state index is -0.439. The Bertz CT molecular complexity index is 395. The number of nitrogens with two attached hydrogens (primary N) is 1. The van der Waals surface area contributed by atoms with Gasteiger partial charge in [-0.3, -0.25) is 4.79 Å². The van der Waals surface area contributed by atoms with E-state index >= 15 is 0 Å². The maximum Gasteiger partial charge on any atom is 0.149 e. The second kappa shape index (κ2) is 6.72. The molecule has 0 heterocycles. The second-order valence-electron chi connectivity index (χ2n) is 4.07. The van der Waals surface area contributed by atoms with Crippen LogP contribution in [0.1, 0.15) is 31.7 Å². The molecule has 0 aliphatic carbocycles. The number of carbonyl (C=O) groups is 1. The van der Waals surface area contributed by atoms with Crippen molar-refractivity contribution in [1.82, 2.24) is 0 Å². The number of halogens is 2. The molecule has 0 saturated carbocycles. The van der Waals surface area contributed by atoms with Gasteiger partial charge >= 0.3 is 0 Å². The van der Waals surface area contributed by atoms with Crippen molar-refractivity contribution in [1.29, 1.82) is 0 Å². The molecule has 1 aromatic rings. The SMILES string of the molecule is CCC[C@H](N)C(=O)CCc1cccc(Cl)c1F. The Morgan fingerprint density at radius 3 is 2.88 bits per heavy atom. The molecule has 0 unspecified atom stereocenters. The molecule has 94 valence electrons. The van der Waals surface area contributed by atoms with Crippen LogP contribution in [0.4, 0.5) is 4.39 Å². The molecule has 2 nitrogen and oxygen atoms in total. The van der Waals surface area contributed by atoms with E-state index in [9.17, 15) is 9.18 Å². The quantitative estimate of drug-likeness (QED) is 0.851. The third-order valence-electron chi connectivity index (χ3n) is 2.69. The van der Waals surface area contributed by atoms with E-state index in [4.69, 9.17) is 17.3 Å². The zero-order valence-electron chi connectivity index (χ0n) is 9.88.